The summed E-state index contributed by atoms with van der Waals surface area (Å²) in [5.74, 6) is -3.67. The number of rotatable bonds is 6. The lowest BCUT2D eigenvalue weighted by molar-refractivity contribution is -0.166. The van der Waals surface area contributed by atoms with Crippen LogP contribution in [0.25, 0.3) is 0 Å². The molecule has 3 nitrogen and oxygen atoms in total. The van der Waals surface area contributed by atoms with Gasteiger partial charge in [0.15, 0.2) is 0 Å². The predicted molar refractivity (Wildman–Crippen MR) is 53.0 cm³/mol. The van der Waals surface area contributed by atoms with Crippen molar-refractivity contribution in [1.82, 2.24) is 0 Å². The van der Waals surface area contributed by atoms with Crippen LogP contribution in [-0.4, -0.2) is 38.2 Å². The topological polar surface area (TPSA) is 44.5 Å². The van der Waals surface area contributed by atoms with Gasteiger partial charge in [-0.1, -0.05) is 0 Å². The average molecular weight is 257 g/mol. The average Bonchev–Trinajstić information content (AvgIpc) is 2.29. The number of hydrogen-bond donors (Lipinski definition) is 1. The largest absolute Gasteiger partial charge is 0.497 e. The third-order valence-corrected chi connectivity index (χ3v) is 2.24. The molecule has 0 amide bonds. The number of hydrogen-bond acceptors (Lipinski definition) is 3. The first-order valence-corrected chi connectivity index (χ1v) is 5.25. The molecule has 0 aromatic carbocycles. The summed E-state index contributed by atoms with van der Waals surface area (Å²) in [6, 6.07) is -0.691. The Labute approximate surface area is 96.6 Å². The van der Waals surface area contributed by atoms with Gasteiger partial charge >= 0.3 is 12.3 Å². The molecule has 0 saturated heterocycles. The van der Waals surface area contributed by atoms with E-state index in [-0.39, 0.29) is 6.61 Å². The Morgan fingerprint density at radius 2 is 2.18 bits per heavy atom. The lowest BCUT2D eigenvalue weighted by Crippen LogP contribution is -2.36. The molecule has 1 heterocycles. The van der Waals surface area contributed by atoms with Gasteiger partial charge in [-0.05, 0) is 18.9 Å². The van der Waals surface area contributed by atoms with Gasteiger partial charge in [0, 0.05) is 0 Å². The highest BCUT2D eigenvalue weighted by Crippen LogP contribution is 2.23. The summed E-state index contributed by atoms with van der Waals surface area (Å²) in [7, 11) is 0. The fourth-order valence-electron chi connectivity index (χ4n) is 1.30. The van der Waals surface area contributed by atoms with Crippen molar-refractivity contribution in [2.24, 2.45) is 5.73 Å². The van der Waals surface area contributed by atoms with E-state index in [2.05, 4.69) is 4.74 Å². The molecular weight excluding hydrogens is 242 g/mol. The lowest BCUT2D eigenvalue weighted by Gasteiger charge is -2.21. The SMILES string of the molecule is NC(COCC(F)(F)C(F)F)C1=CCCCO1. The first-order chi connectivity index (χ1) is 7.93. The molecule has 0 radical (unpaired) electrons. The number of ether oxygens (including phenoxy) is 2. The maximum atomic E-state index is 12.5. The van der Waals surface area contributed by atoms with Gasteiger partial charge in [0.25, 0.3) is 0 Å². The van der Waals surface area contributed by atoms with E-state index in [4.69, 9.17) is 10.5 Å². The van der Waals surface area contributed by atoms with E-state index in [0.717, 1.165) is 12.8 Å². The van der Waals surface area contributed by atoms with Gasteiger partial charge in [0.2, 0.25) is 0 Å². The van der Waals surface area contributed by atoms with Crippen molar-refractivity contribution in [3.8, 4) is 0 Å². The van der Waals surface area contributed by atoms with Crippen LogP contribution < -0.4 is 5.73 Å². The first-order valence-electron chi connectivity index (χ1n) is 5.25. The minimum Gasteiger partial charge on any atom is -0.497 e. The first kappa shape index (κ1) is 14.2. The number of halogens is 4. The summed E-state index contributed by atoms with van der Waals surface area (Å²) >= 11 is 0. The molecule has 0 fully saturated rings. The summed E-state index contributed by atoms with van der Waals surface area (Å²) in [4.78, 5) is 0. The van der Waals surface area contributed by atoms with Crippen molar-refractivity contribution < 1.29 is 27.0 Å². The Hall–Kier alpha value is -0.820. The van der Waals surface area contributed by atoms with E-state index >= 15 is 0 Å². The van der Waals surface area contributed by atoms with Crippen LogP contribution in [0, 0.1) is 0 Å². The van der Waals surface area contributed by atoms with Crippen molar-refractivity contribution in [2.75, 3.05) is 19.8 Å². The van der Waals surface area contributed by atoms with E-state index in [9.17, 15) is 17.6 Å². The predicted octanol–water partition coefficient (Wildman–Crippen LogP) is 1.93. The number of alkyl halides is 4. The molecule has 100 valence electrons. The third-order valence-electron chi connectivity index (χ3n) is 2.24. The van der Waals surface area contributed by atoms with Crippen LogP contribution in [0.1, 0.15) is 12.8 Å². The highest BCUT2D eigenvalue weighted by molar-refractivity contribution is 5.04. The number of nitrogens with two attached hydrogens (primary N) is 1. The lowest BCUT2D eigenvalue weighted by atomic mass is 10.2. The molecule has 0 aromatic heterocycles. The van der Waals surface area contributed by atoms with Crippen molar-refractivity contribution in [1.29, 1.82) is 0 Å². The van der Waals surface area contributed by atoms with Gasteiger partial charge in [-0.25, -0.2) is 8.78 Å². The van der Waals surface area contributed by atoms with Gasteiger partial charge in [0.05, 0.1) is 19.3 Å². The molecule has 1 aliphatic rings. The van der Waals surface area contributed by atoms with Gasteiger partial charge in [-0.3, -0.25) is 0 Å². The molecule has 1 unspecified atom stereocenters. The molecule has 0 bridgehead atoms. The van der Waals surface area contributed by atoms with Crippen molar-refractivity contribution >= 4 is 0 Å². The molecule has 0 aliphatic carbocycles. The van der Waals surface area contributed by atoms with E-state index in [0.29, 0.717) is 12.4 Å². The van der Waals surface area contributed by atoms with Crippen LogP contribution in [0.15, 0.2) is 11.8 Å². The molecule has 2 N–H and O–H groups in total. The highest BCUT2D eigenvalue weighted by atomic mass is 19.3. The Bertz CT molecular complexity index is 271. The van der Waals surface area contributed by atoms with E-state index in [1.165, 1.54) is 0 Å². The Morgan fingerprint density at radius 1 is 1.47 bits per heavy atom. The van der Waals surface area contributed by atoms with Crippen molar-refractivity contribution in [3.63, 3.8) is 0 Å². The fourth-order valence-corrected chi connectivity index (χ4v) is 1.30. The molecule has 0 spiro atoms. The van der Waals surface area contributed by atoms with Crippen LogP contribution in [0.5, 0.6) is 0 Å². The molecule has 17 heavy (non-hydrogen) atoms. The van der Waals surface area contributed by atoms with Gasteiger partial charge in [0.1, 0.15) is 12.4 Å². The molecule has 0 saturated carbocycles. The third kappa shape index (κ3) is 4.51. The van der Waals surface area contributed by atoms with E-state index in [1.807, 2.05) is 0 Å². The van der Waals surface area contributed by atoms with Gasteiger partial charge in [-0.15, -0.1) is 0 Å². The second-order valence-corrected chi connectivity index (χ2v) is 3.78. The Morgan fingerprint density at radius 3 is 2.71 bits per heavy atom. The van der Waals surface area contributed by atoms with Gasteiger partial charge in [-0.2, -0.15) is 8.78 Å². The maximum Gasteiger partial charge on any atom is 0.330 e. The highest BCUT2D eigenvalue weighted by Gasteiger charge is 2.41. The summed E-state index contributed by atoms with van der Waals surface area (Å²) < 4.78 is 58.2. The van der Waals surface area contributed by atoms with Crippen molar-refractivity contribution in [3.05, 3.63) is 11.8 Å². The Kier molecular flexibility index (Phi) is 5.20. The summed E-state index contributed by atoms with van der Waals surface area (Å²) in [6.45, 7) is -1.09. The van der Waals surface area contributed by atoms with Crippen LogP contribution in [0.2, 0.25) is 0 Å². The zero-order chi connectivity index (χ0) is 12.9. The normalized spacial score (nSPS) is 18.8. The van der Waals surface area contributed by atoms with Crippen LogP contribution >= 0.6 is 0 Å². The second kappa shape index (κ2) is 6.20. The summed E-state index contributed by atoms with van der Waals surface area (Å²) in [6.07, 6.45) is -0.302. The smallest absolute Gasteiger partial charge is 0.330 e. The zero-order valence-corrected chi connectivity index (χ0v) is 9.17. The molecular formula is C10H15F4NO2. The second-order valence-electron chi connectivity index (χ2n) is 3.78. The molecule has 1 aliphatic heterocycles. The standard InChI is InChI=1S/C10H15F4NO2/c11-9(12)10(13,14)6-16-5-7(15)8-3-1-2-4-17-8/h3,7,9H,1-2,4-6,15H2. The minimum absolute atomic E-state index is 0.270. The van der Waals surface area contributed by atoms with Crippen molar-refractivity contribution in [2.45, 2.75) is 31.2 Å². The van der Waals surface area contributed by atoms with E-state index in [1.54, 1.807) is 6.08 Å². The van der Waals surface area contributed by atoms with Gasteiger partial charge < -0.3 is 15.2 Å². The zero-order valence-electron chi connectivity index (χ0n) is 9.17. The monoisotopic (exact) mass is 257 g/mol. The molecule has 1 atom stereocenters. The minimum atomic E-state index is -4.14. The molecule has 1 rings (SSSR count). The molecule has 7 heteroatoms. The quantitative estimate of drug-likeness (QED) is 0.739. The Balaban J connectivity index is 2.28. The van der Waals surface area contributed by atoms with Crippen LogP contribution in [0.3, 0.4) is 0 Å². The van der Waals surface area contributed by atoms with Crippen LogP contribution in [0.4, 0.5) is 17.6 Å². The number of allylic oxidation sites excluding steroid dienone is 1. The summed E-state index contributed by atoms with van der Waals surface area (Å²) in [5, 5.41) is 0. The molecule has 0 aromatic rings. The van der Waals surface area contributed by atoms with E-state index < -0.39 is 25.0 Å². The fraction of sp³-hybridized carbons (Fsp3) is 0.800. The maximum absolute atomic E-state index is 12.5. The van der Waals surface area contributed by atoms with Crippen LogP contribution in [-0.2, 0) is 9.47 Å². The summed E-state index contributed by atoms with van der Waals surface area (Å²) in [5.41, 5.74) is 5.60.